The highest BCUT2D eigenvalue weighted by atomic mass is 16.6. The van der Waals surface area contributed by atoms with Crippen molar-refractivity contribution in [1.82, 2.24) is 9.88 Å². The minimum Gasteiger partial charge on any atom is -0.478 e. The number of ether oxygens (including phenoxy) is 1. The van der Waals surface area contributed by atoms with E-state index in [1.165, 1.54) is 0 Å². The number of carbonyl (C=O) groups excluding carboxylic acids is 1. The predicted octanol–water partition coefficient (Wildman–Crippen LogP) is 2.15. The maximum absolute atomic E-state index is 12.2. The third-order valence-corrected chi connectivity index (χ3v) is 4.37. The lowest BCUT2D eigenvalue weighted by atomic mass is 10.0. The molecule has 9 heteroatoms. The van der Waals surface area contributed by atoms with Crippen LogP contribution < -0.4 is 4.90 Å². The molecule has 27 heavy (non-hydrogen) atoms. The van der Waals surface area contributed by atoms with E-state index in [1.54, 1.807) is 39.5 Å². The van der Waals surface area contributed by atoms with Crippen molar-refractivity contribution in [2.75, 3.05) is 31.1 Å². The molecule has 0 radical (unpaired) electrons. The van der Waals surface area contributed by atoms with Crippen LogP contribution in [0.1, 0.15) is 52.7 Å². The van der Waals surface area contributed by atoms with Gasteiger partial charge in [0.1, 0.15) is 11.4 Å². The molecule has 1 aliphatic heterocycles. The Labute approximate surface area is 157 Å². The fraction of sp³-hybridized carbons (Fsp3) is 0.556. The molecule has 1 aromatic rings. The number of piperazine rings is 1. The number of aromatic nitrogens is 1. The first-order valence-corrected chi connectivity index (χ1v) is 8.63. The van der Waals surface area contributed by atoms with Gasteiger partial charge in [0.2, 0.25) is 0 Å². The Kier molecular flexibility index (Phi) is 5.62. The van der Waals surface area contributed by atoms with Gasteiger partial charge in [-0.05, 0) is 45.7 Å². The highest BCUT2D eigenvalue weighted by Gasteiger charge is 2.30. The first-order valence-electron chi connectivity index (χ1n) is 8.63. The Morgan fingerprint density at radius 3 is 1.96 bits per heavy atom. The van der Waals surface area contributed by atoms with Gasteiger partial charge in [-0.3, -0.25) is 0 Å². The maximum Gasteiger partial charge on any atom is 0.410 e. The Morgan fingerprint density at radius 1 is 0.963 bits per heavy atom. The lowest BCUT2D eigenvalue weighted by molar-refractivity contribution is 0.0240. The number of carboxylic acids is 2. The standard InChI is InChI=1S/C18H25N3O6/c1-10-11(2)14(19-13(16(24)25)12(10)15(22)23)20-6-8-21(9-7-20)17(26)27-18(3,4)5/h6-9H2,1-5H3,(H,22,23)(H,24,25). The predicted molar refractivity (Wildman–Crippen MR) is 97.6 cm³/mol. The molecule has 0 bridgehead atoms. The largest absolute Gasteiger partial charge is 0.478 e. The van der Waals surface area contributed by atoms with Crippen molar-refractivity contribution >= 4 is 23.8 Å². The molecule has 1 fully saturated rings. The van der Waals surface area contributed by atoms with Gasteiger partial charge in [-0.15, -0.1) is 0 Å². The summed E-state index contributed by atoms with van der Waals surface area (Å²) in [5.41, 5.74) is -0.360. The zero-order valence-corrected chi connectivity index (χ0v) is 16.2. The van der Waals surface area contributed by atoms with Crippen molar-refractivity contribution in [2.24, 2.45) is 0 Å². The van der Waals surface area contributed by atoms with E-state index in [2.05, 4.69) is 4.98 Å². The zero-order chi connectivity index (χ0) is 20.5. The average Bonchev–Trinajstić information content (AvgIpc) is 2.55. The summed E-state index contributed by atoms with van der Waals surface area (Å²) in [6, 6.07) is 0. The molecule has 1 aromatic heterocycles. The van der Waals surface area contributed by atoms with Crippen molar-refractivity contribution in [3.8, 4) is 0 Å². The Hall–Kier alpha value is -2.84. The SMILES string of the molecule is Cc1c(N2CCN(C(=O)OC(C)(C)C)CC2)nc(C(=O)O)c(C(=O)O)c1C. The van der Waals surface area contributed by atoms with Crippen LogP contribution in [0.5, 0.6) is 0 Å². The van der Waals surface area contributed by atoms with Crippen LogP contribution in [0.25, 0.3) is 0 Å². The summed E-state index contributed by atoms with van der Waals surface area (Å²) in [6.45, 7) is 10.4. The van der Waals surface area contributed by atoms with Crippen LogP contribution in [0.3, 0.4) is 0 Å². The second kappa shape index (κ2) is 7.42. The van der Waals surface area contributed by atoms with Crippen molar-refractivity contribution in [2.45, 2.75) is 40.2 Å². The van der Waals surface area contributed by atoms with Crippen LogP contribution in [-0.2, 0) is 4.74 Å². The van der Waals surface area contributed by atoms with Gasteiger partial charge in [-0.1, -0.05) is 0 Å². The molecular formula is C18H25N3O6. The Morgan fingerprint density at radius 2 is 1.52 bits per heavy atom. The molecule has 0 unspecified atom stereocenters. The molecule has 0 aliphatic carbocycles. The van der Waals surface area contributed by atoms with Gasteiger partial charge in [0.25, 0.3) is 0 Å². The summed E-state index contributed by atoms with van der Waals surface area (Å²) < 4.78 is 5.36. The van der Waals surface area contributed by atoms with Gasteiger partial charge >= 0.3 is 18.0 Å². The van der Waals surface area contributed by atoms with Crippen LogP contribution in [0.4, 0.5) is 10.6 Å². The van der Waals surface area contributed by atoms with Crippen LogP contribution in [0.15, 0.2) is 0 Å². The minimum atomic E-state index is -1.39. The van der Waals surface area contributed by atoms with E-state index in [0.717, 1.165) is 0 Å². The fourth-order valence-electron chi connectivity index (χ4n) is 2.93. The topological polar surface area (TPSA) is 120 Å². The lowest BCUT2D eigenvalue weighted by Crippen LogP contribution is -2.50. The summed E-state index contributed by atoms with van der Waals surface area (Å²) in [6.07, 6.45) is -0.393. The van der Waals surface area contributed by atoms with Gasteiger partial charge < -0.3 is 24.7 Å². The van der Waals surface area contributed by atoms with Crippen molar-refractivity contribution in [1.29, 1.82) is 0 Å². The summed E-state index contributed by atoms with van der Waals surface area (Å²) in [7, 11) is 0. The summed E-state index contributed by atoms with van der Waals surface area (Å²) >= 11 is 0. The van der Waals surface area contributed by atoms with Crippen molar-refractivity contribution in [3.05, 3.63) is 22.4 Å². The molecule has 0 aromatic carbocycles. The summed E-state index contributed by atoms with van der Waals surface area (Å²) in [5, 5.41) is 18.7. The quantitative estimate of drug-likeness (QED) is 0.820. The molecule has 148 valence electrons. The van der Waals surface area contributed by atoms with Gasteiger partial charge in [0.05, 0.1) is 5.56 Å². The second-order valence-electron chi connectivity index (χ2n) is 7.47. The van der Waals surface area contributed by atoms with Crippen molar-refractivity contribution < 1.29 is 29.3 Å². The first kappa shape index (κ1) is 20.5. The molecule has 0 spiro atoms. The van der Waals surface area contributed by atoms with Gasteiger partial charge in [-0.2, -0.15) is 0 Å². The number of hydrogen-bond acceptors (Lipinski definition) is 6. The molecule has 2 heterocycles. The van der Waals surface area contributed by atoms with Crippen LogP contribution in [0, 0.1) is 13.8 Å². The maximum atomic E-state index is 12.2. The number of nitrogens with zero attached hydrogens (tertiary/aromatic N) is 3. The van der Waals surface area contributed by atoms with Crippen LogP contribution in [-0.4, -0.2) is 69.9 Å². The summed E-state index contributed by atoms with van der Waals surface area (Å²) in [5.74, 6) is -2.27. The number of hydrogen-bond donors (Lipinski definition) is 2. The monoisotopic (exact) mass is 379 g/mol. The molecule has 2 N–H and O–H groups in total. The Bertz CT molecular complexity index is 776. The lowest BCUT2D eigenvalue weighted by Gasteiger charge is -2.37. The van der Waals surface area contributed by atoms with E-state index in [1.807, 2.05) is 4.90 Å². The van der Waals surface area contributed by atoms with E-state index in [4.69, 9.17) is 4.74 Å². The smallest absolute Gasteiger partial charge is 0.410 e. The highest BCUT2D eigenvalue weighted by molar-refractivity contribution is 6.02. The third kappa shape index (κ3) is 4.47. The average molecular weight is 379 g/mol. The molecule has 0 saturated carbocycles. The van der Waals surface area contributed by atoms with E-state index in [-0.39, 0.29) is 5.56 Å². The molecule has 1 aliphatic rings. The minimum absolute atomic E-state index is 0.295. The van der Waals surface area contributed by atoms with Crippen LogP contribution in [0.2, 0.25) is 0 Å². The fourth-order valence-corrected chi connectivity index (χ4v) is 2.93. The van der Waals surface area contributed by atoms with Gasteiger partial charge in [-0.25, -0.2) is 19.4 Å². The highest BCUT2D eigenvalue weighted by Crippen LogP contribution is 2.27. The normalized spacial score (nSPS) is 14.9. The molecule has 1 saturated heterocycles. The number of carboxylic acid groups (broad SMARTS) is 2. The number of amides is 1. The number of aromatic carboxylic acids is 2. The van der Waals surface area contributed by atoms with Crippen molar-refractivity contribution in [3.63, 3.8) is 0 Å². The molecular weight excluding hydrogens is 354 g/mol. The van der Waals surface area contributed by atoms with E-state index < -0.39 is 29.3 Å². The second-order valence-corrected chi connectivity index (χ2v) is 7.47. The van der Waals surface area contributed by atoms with Gasteiger partial charge in [0.15, 0.2) is 5.69 Å². The van der Waals surface area contributed by atoms with E-state index >= 15 is 0 Å². The molecule has 0 atom stereocenters. The van der Waals surface area contributed by atoms with Crippen LogP contribution >= 0.6 is 0 Å². The molecule has 9 nitrogen and oxygen atoms in total. The number of rotatable bonds is 3. The Balaban J connectivity index is 2.25. The molecule has 1 amide bonds. The number of anilines is 1. The summed E-state index contributed by atoms with van der Waals surface area (Å²) in [4.78, 5) is 42.7. The van der Waals surface area contributed by atoms with Gasteiger partial charge in [0, 0.05) is 26.2 Å². The number of carbonyl (C=O) groups is 3. The molecule has 2 rings (SSSR count). The first-order chi connectivity index (χ1) is 12.4. The third-order valence-electron chi connectivity index (χ3n) is 4.37. The van der Waals surface area contributed by atoms with E-state index in [9.17, 15) is 24.6 Å². The number of pyridine rings is 1. The zero-order valence-electron chi connectivity index (χ0n) is 16.2. The van der Waals surface area contributed by atoms with E-state index in [0.29, 0.717) is 43.1 Å².